The number of aliphatic hydroxyl groups is 1. The molecule has 1 fully saturated rings. The van der Waals surface area contributed by atoms with Crippen LogP contribution in [0, 0.1) is 11.3 Å². The Balaban J connectivity index is 2.41. The van der Waals surface area contributed by atoms with Gasteiger partial charge in [-0.25, -0.2) is 0 Å². The van der Waals surface area contributed by atoms with Gasteiger partial charge in [-0.2, -0.15) is 0 Å². The fraction of sp³-hybridized carbons (Fsp3) is 1.00. The Kier molecular flexibility index (Phi) is 3.63. The van der Waals surface area contributed by atoms with Gasteiger partial charge >= 0.3 is 0 Å². The van der Waals surface area contributed by atoms with Crippen molar-refractivity contribution in [1.82, 2.24) is 0 Å². The molecule has 0 aromatic carbocycles. The molecule has 1 heteroatoms. The van der Waals surface area contributed by atoms with Crippen LogP contribution in [0.15, 0.2) is 0 Å². The molecule has 1 nitrogen and oxygen atoms in total. The smallest absolute Gasteiger partial charge is 0.0675 e. The Bertz CT molecular complexity index is 186. The molecule has 0 bridgehead atoms. The summed E-state index contributed by atoms with van der Waals surface area (Å²) in [6, 6.07) is 0. The second-order valence-corrected chi connectivity index (χ2v) is 5.46. The third-order valence-electron chi connectivity index (χ3n) is 4.40. The van der Waals surface area contributed by atoms with Crippen molar-refractivity contribution in [3.63, 3.8) is 0 Å². The average Bonchev–Trinajstić information content (AvgIpc) is 2.79. The van der Waals surface area contributed by atoms with Gasteiger partial charge in [0.25, 0.3) is 0 Å². The van der Waals surface area contributed by atoms with Crippen molar-refractivity contribution in [2.45, 2.75) is 71.8 Å². The van der Waals surface area contributed by atoms with Crippen molar-refractivity contribution in [3.8, 4) is 0 Å². The molecule has 14 heavy (non-hydrogen) atoms. The maximum Gasteiger partial charge on any atom is 0.0675 e. The minimum absolute atomic E-state index is 0.218. The van der Waals surface area contributed by atoms with Gasteiger partial charge in [0.2, 0.25) is 0 Å². The molecule has 0 aromatic heterocycles. The maximum absolute atomic E-state index is 10.4. The van der Waals surface area contributed by atoms with Gasteiger partial charge in [-0.05, 0) is 31.1 Å². The van der Waals surface area contributed by atoms with Gasteiger partial charge in [-0.3, -0.25) is 0 Å². The highest BCUT2D eigenvalue weighted by atomic mass is 16.3. The van der Waals surface area contributed by atoms with Crippen LogP contribution in [0.1, 0.15) is 66.2 Å². The van der Waals surface area contributed by atoms with Crippen molar-refractivity contribution in [2.75, 3.05) is 0 Å². The van der Waals surface area contributed by atoms with E-state index in [1.54, 1.807) is 0 Å². The molecule has 3 unspecified atom stereocenters. The predicted octanol–water partition coefficient (Wildman–Crippen LogP) is 3.75. The van der Waals surface area contributed by atoms with E-state index in [1.807, 2.05) is 6.92 Å². The maximum atomic E-state index is 10.4. The zero-order valence-corrected chi connectivity index (χ0v) is 10.3. The molecule has 1 aliphatic carbocycles. The summed E-state index contributed by atoms with van der Waals surface area (Å²) in [4.78, 5) is 0. The van der Waals surface area contributed by atoms with Crippen LogP contribution < -0.4 is 0 Å². The quantitative estimate of drug-likeness (QED) is 0.644. The highest BCUT2D eigenvalue weighted by Gasteiger charge is 2.59. The van der Waals surface area contributed by atoms with Crippen molar-refractivity contribution in [3.05, 3.63) is 0 Å². The van der Waals surface area contributed by atoms with Gasteiger partial charge in [0, 0.05) is 0 Å². The summed E-state index contributed by atoms with van der Waals surface area (Å²) in [7, 11) is 0. The van der Waals surface area contributed by atoms with E-state index in [0.717, 1.165) is 12.3 Å². The first kappa shape index (κ1) is 12.0. The van der Waals surface area contributed by atoms with Crippen LogP contribution in [0.4, 0.5) is 0 Å². The molecule has 0 aliphatic heterocycles. The first-order valence-corrected chi connectivity index (χ1v) is 6.20. The van der Waals surface area contributed by atoms with Crippen LogP contribution in [0.5, 0.6) is 0 Å². The molecule has 1 rings (SSSR count). The largest absolute Gasteiger partial charge is 0.390 e. The fourth-order valence-electron chi connectivity index (χ4n) is 2.71. The second-order valence-electron chi connectivity index (χ2n) is 5.46. The summed E-state index contributed by atoms with van der Waals surface area (Å²) >= 11 is 0. The predicted molar refractivity (Wildman–Crippen MR) is 61.3 cm³/mol. The molecule has 0 spiro atoms. The lowest BCUT2D eigenvalue weighted by Crippen LogP contribution is -2.35. The molecule has 1 N–H and O–H groups in total. The van der Waals surface area contributed by atoms with Crippen LogP contribution in [-0.4, -0.2) is 10.7 Å². The molecular weight excluding hydrogens is 172 g/mol. The van der Waals surface area contributed by atoms with Crippen molar-refractivity contribution in [2.24, 2.45) is 11.3 Å². The fourth-order valence-corrected chi connectivity index (χ4v) is 2.71. The van der Waals surface area contributed by atoms with Gasteiger partial charge in [0.1, 0.15) is 0 Å². The van der Waals surface area contributed by atoms with Gasteiger partial charge in [-0.1, -0.05) is 46.5 Å². The van der Waals surface area contributed by atoms with Crippen LogP contribution in [0.25, 0.3) is 0 Å². The van der Waals surface area contributed by atoms with Crippen LogP contribution in [0.2, 0.25) is 0 Å². The standard InChI is InChI=1S/C13H26O/c1-5-7-8-9-13(4,14)12(3)10-11(12)6-2/h11,14H,5-10H2,1-4H3. The van der Waals surface area contributed by atoms with E-state index in [4.69, 9.17) is 0 Å². The normalized spacial score (nSPS) is 35.4. The molecule has 0 amide bonds. The van der Waals surface area contributed by atoms with E-state index in [2.05, 4.69) is 20.8 Å². The number of rotatable bonds is 6. The molecule has 1 saturated carbocycles. The van der Waals surface area contributed by atoms with E-state index >= 15 is 0 Å². The monoisotopic (exact) mass is 198 g/mol. The zero-order valence-electron chi connectivity index (χ0n) is 10.3. The molecule has 1 aliphatic rings. The highest BCUT2D eigenvalue weighted by Crippen LogP contribution is 2.61. The van der Waals surface area contributed by atoms with Crippen LogP contribution in [-0.2, 0) is 0 Å². The topological polar surface area (TPSA) is 20.2 Å². The molecule has 0 saturated heterocycles. The lowest BCUT2D eigenvalue weighted by molar-refractivity contribution is -0.0249. The molecule has 0 radical (unpaired) electrons. The molecular formula is C13H26O. The Morgan fingerprint density at radius 1 is 1.36 bits per heavy atom. The van der Waals surface area contributed by atoms with Gasteiger partial charge < -0.3 is 5.11 Å². The Labute approximate surface area is 88.9 Å². The SMILES string of the molecule is CCCCCC(C)(O)C1(C)CC1CC. The van der Waals surface area contributed by atoms with Gasteiger partial charge in [-0.15, -0.1) is 0 Å². The van der Waals surface area contributed by atoms with Crippen molar-refractivity contribution in [1.29, 1.82) is 0 Å². The van der Waals surface area contributed by atoms with Gasteiger partial charge in [0.15, 0.2) is 0 Å². The first-order valence-electron chi connectivity index (χ1n) is 6.20. The number of unbranched alkanes of at least 4 members (excludes halogenated alkanes) is 2. The van der Waals surface area contributed by atoms with Crippen molar-refractivity contribution >= 4 is 0 Å². The van der Waals surface area contributed by atoms with E-state index in [-0.39, 0.29) is 5.41 Å². The minimum Gasteiger partial charge on any atom is -0.390 e. The first-order chi connectivity index (χ1) is 6.48. The minimum atomic E-state index is -0.428. The summed E-state index contributed by atoms with van der Waals surface area (Å²) in [6.07, 6.45) is 7.10. The van der Waals surface area contributed by atoms with Crippen LogP contribution >= 0.6 is 0 Å². The Hall–Kier alpha value is -0.0400. The number of hydrogen-bond donors (Lipinski definition) is 1. The molecule has 0 heterocycles. The molecule has 3 atom stereocenters. The number of hydrogen-bond acceptors (Lipinski definition) is 1. The summed E-state index contributed by atoms with van der Waals surface area (Å²) in [5.74, 6) is 0.763. The second kappa shape index (κ2) is 4.22. The van der Waals surface area contributed by atoms with E-state index in [0.29, 0.717) is 0 Å². The Morgan fingerprint density at radius 3 is 2.43 bits per heavy atom. The van der Waals surface area contributed by atoms with E-state index in [9.17, 15) is 5.11 Å². The van der Waals surface area contributed by atoms with Gasteiger partial charge in [0.05, 0.1) is 5.60 Å². The van der Waals surface area contributed by atoms with Crippen molar-refractivity contribution < 1.29 is 5.11 Å². The molecule has 84 valence electrons. The average molecular weight is 198 g/mol. The summed E-state index contributed by atoms with van der Waals surface area (Å²) in [6.45, 7) is 8.74. The van der Waals surface area contributed by atoms with Crippen LogP contribution in [0.3, 0.4) is 0 Å². The highest BCUT2D eigenvalue weighted by molar-refractivity contribution is 5.08. The Morgan fingerprint density at radius 2 is 2.00 bits per heavy atom. The van der Waals surface area contributed by atoms with E-state index < -0.39 is 5.60 Å². The third-order valence-corrected chi connectivity index (χ3v) is 4.40. The zero-order chi connectivity index (χ0) is 10.8. The summed E-state index contributed by atoms with van der Waals surface area (Å²) < 4.78 is 0. The lowest BCUT2D eigenvalue weighted by Gasteiger charge is -2.32. The lowest BCUT2D eigenvalue weighted by atomic mass is 9.81. The summed E-state index contributed by atoms with van der Waals surface area (Å²) in [5.41, 5.74) is -0.210. The third kappa shape index (κ3) is 2.13. The summed E-state index contributed by atoms with van der Waals surface area (Å²) in [5, 5.41) is 10.4. The van der Waals surface area contributed by atoms with E-state index in [1.165, 1.54) is 32.1 Å². The molecule has 0 aromatic rings.